The fourth-order valence-corrected chi connectivity index (χ4v) is 2.81. The zero-order valence-corrected chi connectivity index (χ0v) is 15.4. The second kappa shape index (κ2) is 9.61. The second-order valence-corrected chi connectivity index (χ2v) is 6.47. The Morgan fingerprint density at radius 3 is 1.85 bits per heavy atom. The Kier molecular flexibility index (Phi) is 7.21. The zero-order valence-electron chi connectivity index (χ0n) is 15.4. The van der Waals surface area contributed by atoms with E-state index < -0.39 is 12.0 Å². The summed E-state index contributed by atoms with van der Waals surface area (Å²) >= 11 is 0. The number of amides is 2. The number of urea groups is 1. The Hall–Kier alpha value is -2.82. The van der Waals surface area contributed by atoms with Crippen LogP contribution >= 0.6 is 0 Å². The summed E-state index contributed by atoms with van der Waals surface area (Å²) in [6.07, 6.45) is 0. The molecule has 0 heterocycles. The Morgan fingerprint density at radius 1 is 0.923 bits per heavy atom. The first-order chi connectivity index (χ1) is 12.5. The number of esters is 1. The standard InChI is InChI=1S/C21H26N2O3/c1-15(2)19(20(24)26-3)23-21(25)22-14-18(16-10-6-4-7-11-16)17-12-8-5-9-13-17/h4-13,15,18-19H,14H2,1-3H3,(H2,22,23,25). The van der Waals surface area contributed by atoms with Crippen molar-refractivity contribution in [3.63, 3.8) is 0 Å². The summed E-state index contributed by atoms with van der Waals surface area (Å²) in [6.45, 7) is 4.14. The Labute approximate surface area is 154 Å². The molecule has 1 atom stereocenters. The van der Waals surface area contributed by atoms with Gasteiger partial charge in [0.2, 0.25) is 0 Å². The first-order valence-corrected chi connectivity index (χ1v) is 8.75. The number of carbonyl (C=O) groups excluding carboxylic acids is 2. The highest BCUT2D eigenvalue weighted by molar-refractivity contribution is 5.83. The largest absolute Gasteiger partial charge is 0.467 e. The minimum Gasteiger partial charge on any atom is -0.467 e. The molecule has 0 spiro atoms. The van der Waals surface area contributed by atoms with Gasteiger partial charge in [0.1, 0.15) is 6.04 Å². The summed E-state index contributed by atoms with van der Waals surface area (Å²) in [4.78, 5) is 24.1. The Balaban J connectivity index is 2.07. The van der Waals surface area contributed by atoms with Gasteiger partial charge in [-0.2, -0.15) is 0 Å². The molecule has 0 aromatic heterocycles. The van der Waals surface area contributed by atoms with E-state index in [1.807, 2.05) is 74.5 Å². The van der Waals surface area contributed by atoms with Crippen LogP contribution in [0.1, 0.15) is 30.9 Å². The molecule has 2 aromatic rings. The van der Waals surface area contributed by atoms with E-state index in [1.54, 1.807) is 0 Å². The smallest absolute Gasteiger partial charge is 0.328 e. The number of rotatable bonds is 7. The van der Waals surface area contributed by atoms with E-state index in [2.05, 4.69) is 10.6 Å². The second-order valence-electron chi connectivity index (χ2n) is 6.47. The van der Waals surface area contributed by atoms with Gasteiger partial charge in [-0.25, -0.2) is 9.59 Å². The summed E-state index contributed by atoms with van der Waals surface area (Å²) in [7, 11) is 1.32. The lowest BCUT2D eigenvalue weighted by molar-refractivity contribution is -0.143. The summed E-state index contributed by atoms with van der Waals surface area (Å²) in [6, 6.07) is 19.0. The molecule has 0 saturated heterocycles. The van der Waals surface area contributed by atoms with Gasteiger partial charge in [0.25, 0.3) is 0 Å². The Morgan fingerprint density at radius 2 is 1.42 bits per heavy atom. The molecule has 26 heavy (non-hydrogen) atoms. The average molecular weight is 354 g/mol. The molecule has 0 bridgehead atoms. The molecule has 138 valence electrons. The molecule has 5 nitrogen and oxygen atoms in total. The molecule has 0 saturated carbocycles. The molecule has 0 fully saturated rings. The molecule has 0 radical (unpaired) electrons. The van der Waals surface area contributed by atoms with Crippen molar-refractivity contribution in [2.24, 2.45) is 5.92 Å². The fourth-order valence-electron chi connectivity index (χ4n) is 2.81. The number of hydrogen-bond donors (Lipinski definition) is 2. The van der Waals surface area contributed by atoms with Gasteiger partial charge >= 0.3 is 12.0 Å². The summed E-state index contributed by atoms with van der Waals surface area (Å²) in [5, 5.41) is 5.59. The Bertz CT molecular complexity index is 662. The third-order valence-corrected chi connectivity index (χ3v) is 4.28. The number of carbonyl (C=O) groups is 2. The van der Waals surface area contributed by atoms with Gasteiger partial charge in [-0.3, -0.25) is 0 Å². The van der Waals surface area contributed by atoms with Gasteiger partial charge in [0.15, 0.2) is 0 Å². The summed E-state index contributed by atoms with van der Waals surface area (Å²) in [5.74, 6) is -0.483. The lowest BCUT2D eigenvalue weighted by Gasteiger charge is -2.22. The van der Waals surface area contributed by atoms with Crippen LogP contribution in [0.3, 0.4) is 0 Å². The number of benzene rings is 2. The molecule has 2 aromatic carbocycles. The van der Waals surface area contributed by atoms with Crippen LogP contribution in [0.5, 0.6) is 0 Å². The molecular formula is C21H26N2O3. The van der Waals surface area contributed by atoms with Gasteiger partial charge in [0, 0.05) is 12.5 Å². The summed E-state index contributed by atoms with van der Waals surface area (Å²) in [5.41, 5.74) is 2.24. The fraction of sp³-hybridized carbons (Fsp3) is 0.333. The lowest BCUT2D eigenvalue weighted by atomic mass is 9.91. The SMILES string of the molecule is COC(=O)C(NC(=O)NCC(c1ccccc1)c1ccccc1)C(C)C. The average Bonchev–Trinajstić information content (AvgIpc) is 2.67. The monoisotopic (exact) mass is 354 g/mol. The quantitative estimate of drug-likeness (QED) is 0.750. The van der Waals surface area contributed by atoms with Crippen LogP contribution in [0.25, 0.3) is 0 Å². The molecule has 0 aliphatic rings. The van der Waals surface area contributed by atoms with E-state index in [4.69, 9.17) is 4.74 Å². The van der Waals surface area contributed by atoms with Crippen molar-refractivity contribution in [2.45, 2.75) is 25.8 Å². The van der Waals surface area contributed by atoms with Crippen LogP contribution in [-0.4, -0.2) is 31.7 Å². The van der Waals surface area contributed by atoms with Crippen LogP contribution in [0, 0.1) is 5.92 Å². The highest BCUT2D eigenvalue weighted by Crippen LogP contribution is 2.23. The van der Waals surface area contributed by atoms with Crippen molar-refractivity contribution in [1.82, 2.24) is 10.6 Å². The highest BCUT2D eigenvalue weighted by Gasteiger charge is 2.25. The zero-order chi connectivity index (χ0) is 18.9. The molecule has 2 rings (SSSR count). The van der Waals surface area contributed by atoms with Gasteiger partial charge in [0.05, 0.1) is 7.11 Å². The van der Waals surface area contributed by atoms with Crippen LogP contribution in [0.4, 0.5) is 4.79 Å². The lowest BCUT2D eigenvalue weighted by Crippen LogP contribution is -2.49. The van der Waals surface area contributed by atoms with E-state index >= 15 is 0 Å². The highest BCUT2D eigenvalue weighted by atomic mass is 16.5. The van der Waals surface area contributed by atoms with E-state index in [0.29, 0.717) is 6.54 Å². The number of methoxy groups -OCH3 is 1. The molecule has 1 unspecified atom stereocenters. The predicted molar refractivity (Wildman–Crippen MR) is 102 cm³/mol. The van der Waals surface area contributed by atoms with Crippen molar-refractivity contribution >= 4 is 12.0 Å². The first kappa shape index (κ1) is 19.5. The van der Waals surface area contributed by atoms with Gasteiger partial charge in [-0.15, -0.1) is 0 Å². The molecule has 2 N–H and O–H groups in total. The van der Waals surface area contributed by atoms with Crippen molar-refractivity contribution in [3.8, 4) is 0 Å². The van der Waals surface area contributed by atoms with Gasteiger partial charge in [-0.05, 0) is 17.0 Å². The van der Waals surface area contributed by atoms with Crippen molar-refractivity contribution < 1.29 is 14.3 Å². The maximum Gasteiger partial charge on any atom is 0.328 e. The third-order valence-electron chi connectivity index (χ3n) is 4.28. The molecule has 5 heteroatoms. The van der Waals surface area contributed by atoms with Crippen molar-refractivity contribution in [1.29, 1.82) is 0 Å². The molecular weight excluding hydrogens is 328 g/mol. The third kappa shape index (κ3) is 5.34. The maximum atomic E-state index is 12.3. The van der Waals surface area contributed by atoms with Gasteiger partial charge < -0.3 is 15.4 Å². The molecule has 2 amide bonds. The first-order valence-electron chi connectivity index (χ1n) is 8.75. The van der Waals surface area contributed by atoms with E-state index in [0.717, 1.165) is 11.1 Å². The number of nitrogens with one attached hydrogen (secondary N) is 2. The van der Waals surface area contributed by atoms with E-state index in [1.165, 1.54) is 7.11 Å². The van der Waals surface area contributed by atoms with Crippen LogP contribution < -0.4 is 10.6 Å². The van der Waals surface area contributed by atoms with Crippen LogP contribution in [0.15, 0.2) is 60.7 Å². The van der Waals surface area contributed by atoms with Crippen LogP contribution in [0.2, 0.25) is 0 Å². The van der Waals surface area contributed by atoms with E-state index in [9.17, 15) is 9.59 Å². The van der Waals surface area contributed by atoms with Crippen molar-refractivity contribution in [3.05, 3.63) is 71.8 Å². The normalized spacial score (nSPS) is 11.9. The number of ether oxygens (including phenoxy) is 1. The predicted octanol–water partition coefficient (Wildman–Crippen LogP) is 3.32. The topological polar surface area (TPSA) is 67.4 Å². The minimum absolute atomic E-state index is 0.0266. The van der Waals surface area contributed by atoms with Crippen LogP contribution in [-0.2, 0) is 9.53 Å². The van der Waals surface area contributed by atoms with Crippen molar-refractivity contribution in [2.75, 3.05) is 13.7 Å². The minimum atomic E-state index is -0.674. The number of hydrogen-bond acceptors (Lipinski definition) is 3. The molecule has 0 aliphatic carbocycles. The maximum absolute atomic E-state index is 12.3. The molecule has 0 aliphatic heterocycles. The van der Waals surface area contributed by atoms with Gasteiger partial charge in [-0.1, -0.05) is 74.5 Å². The summed E-state index contributed by atoms with van der Waals surface area (Å²) < 4.78 is 4.76. The van der Waals surface area contributed by atoms with E-state index in [-0.39, 0.29) is 17.9 Å².